The molecule has 0 fully saturated rings. The normalized spacial score (nSPS) is 12.3. The molecule has 0 spiro atoms. The van der Waals surface area contributed by atoms with Gasteiger partial charge in [0, 0.05) is 22.4 Å². The van der Waals surface area contributed by atoms with Crippen LogP contribution >= 0.6 is 22.7 Å². The molecule has 2 aromatic heterocycles. The van der Waals surface area contributed by atoms with Crippen molar-refractivity contribution in [3.8, 4) is 10.6 Å². The van der Waals surface area contributed by atoms with Gasteiger partial charge >= 0.3 is 0 Å². The molecule has 2 N–H and O–H groups in total. The Morgan fingerprint density at radius 1 is 1.56 bits per heavy atom. The van der Waals surface area contributed by atoms with Crippen LogP contribution in [0.4, 0.5) is 0 Å². The largest absolute Gasteiger partial charge is 0.394 e. The smallest absolute Gasteiger partial charge is 0.226 e. The molecule has 6 heteroatoms. The lowest BCUT2D eigenvalue weighted by Gasteiger charge is -2.09. The quantitative estimate of drug-likeness (QED) is 0.880. The van der Waals surface area contributed by atoms with Crippen LogP contribution in [0.5, 0.6) is 0 Å². The molecule has 0 saturated carbocycles. The van der Waals surface area contributed by atoms with E-state index in [1.807, 2.05) is 22.2 Å². The van der Waals surface area contributed by atoms with Crippen LogP contribution in [0.1, 0.15) is 12.6 Å². The van der Waals surface area contributed by atoms with Crippen molar-refractivity contribution in [1.82, 2.24) is 10.3 Å². The van der Waals surface area contributed by atoms with Crippen LogP contribution in [-0.2, 0) is 11.2 Å². The topological polar surface area (TPSA) is 62.2 Å². The van der Waals surface area contributed by atoms with Gasteiger partial charge in [0.05, 0.1) is 18.7 Å². The summed E-state index contributed by atoms with van der Waals surface area (Å²) in [5.41, 5.74) is 1.87. The molecular weight excluding hydrogens is 268 g/mol. The summed E-state index contributed by atoms with van der Waals surface area (Å²) in [5, 5.41) is 18.4. The van der Waals surface area contributed by atoms with E-state index in [4.69, 9.17) is 5.11 Å². The van der Waals surface area contributed by atoms with E-state index in [9.17, 15) is 4.79 Å². The van der Waals surface area contributed by atoms with E-state index in [0.29, 0.717) is 0 Å². The second-order valence-corrected chi connectivity index (χ2v) is 5.62. The number of aromatic nitrogens is 1. The molecule has 18 heavy (non-hydrogen) atoms. The zero-order chi connectivity index (χ0) is 13.0. The molecule has 0 aromatic carbocycles. The van der Waals surface area contributed by atoms with Crippen LogP contribution in [0.25, 0.3) is 10.6 Å². The fraction of sp³-hybridized carbons (Fsp3) is 0.333. The van der Waals surface area contributed by atoms with Crippen molar-refractivity contribution in [2.24, 2.45) is 0 Å². The minimum Gasteiger partial charge on any atom is -0.394 e. The molecule has 0 aliphatic heterocycles. The number of aliphatic hydroxyl groups is 1. The van der Waals surface area contributed by atoms with Gasteiger partial charge in [-0.1, -0.05) is 0 Å². The lowest BCUT2D eigenvalue weighted by atomic mass is 10.3. The highest BCUT2D eigenvalue weighted by Crippen LogP contribution is 2.25. The van der Waals surface area contributed by atoms with E-state index in [1.54, 1.807) is 29.6 Å². The van der Waals surface area contributed by atoms with Gasteiger partial charge in [-0.05, 0) is 18.4 Å². The van der Waals surface area contributed by atoms with Crippen molar-refractivity contribution in [2.75, 3.05) is 6.61 Å². The molecule has 2 aromatic rings. The second-order valence-electron chi connectivity index (χ2n) is 3.98. The van der Waals surface area contributed by atoms with Gasteiger partial charge in [-0.15, -0.1) is 11.3 Å². The first-order valence-electron chi connectivity index (χ1n) is 5.56. The predicted molar refractivity (Wildman–Crippen MR) is 73.8 cm³/mol. The van der Waals surface area contributed by atoms with Gasteiger partial charge in [-0.2, -0.15) is 11.3 Å². The number of hydrogen-bond donors (Lipinski definition) is 2. The summed E-state index contributed by atoms with van der Waals surface area (Å²) in [7, 11) is 0. The molecule has 0 radical (unpaired) electrons. The van der Waals surface area contributed by atoms with Gasteiger partial charge < -0.3 is 10.4 Å². The Kier molecular flexibility index (Phi) is 4.46. The van der Waals surface area contributed by atoms with E-state index in [-0.39, 0.29) is 25.0 Å². The van der Waals surface area contributed by atoms with E-state index < -0.39 is 0 Å². The zero-order valence-electron chi connectivity index (χ0n) is 9.92. The first-order valence-corrected chi connectivity index (χ1v) is 7.38. The Hall–Kier alpha value is -1.24. The SMILES string of the molecule is CC(CO)NC(=O)Cc1csc(-c2ccsc2)n1. The lowest BCUT2D eigenvalue weighted by Crippen LogP contribution is -2.36. The number of thiazole rings is 1. The summed E-state index contributed by atoms with van der Waals surface area (Å²) < 4.78 is 0. The number of nitrogens with one attached hydrogen (secondary N) is 1. The van der Waals surface area contributed by atoms with Gasteiger partial charge in [0.2, 0.25) is 5.91 Å². The first kappa shape index (κ1) is 13.2. The van der Waals surface area contributed by atoms with Gasteiger partial charge in [0.25, 0.3) is 0 Å². The van der Waals surface area contributed by atoms with Crippen molar-refractivity contribution in [3.05, 3.63) is 27.9 Å². The molecule has 0 aliphatic rings. The van der Waals surface area contributed by atoms with Crippen LogP contribution in [0.3, 0.4) is 0 Å². The molecule has 1 unspecified atom stereocenters. The first-order chi connectivity index (χ1) is 8.69. The van der Waals surface area contributed by atoms with Crippen molar-refractivity contribution in [2.45, 2.75) is 19.4 Å². The van der Waals surface area contributed by atoms with Crippen molar-refractivity contribution in [3.63, 3.8) is 0 Å². The van der Waals surface area contributed by atoms with Crippen molar-refractivity contribution < 1.29 is 9.90 Å². The van der Waals surface area contributed by atoms with Crippen LogP contribution in [-0.4, -0.2) is 28.6 Å². The number of carbonyl (C=O) groups is 1. The Balaban J connectivity index is 1.97. The van der Waals surface area contributed by atoms with Crippen molar-refractivity contribution >= 4 is 28.6 Å². The second kappa shape index (κ2) is 6.08. The third-order valence-corrected chi connectivity index (χ3v) is 3.97. The minimum absolute atomic E-state index is 0.0526. The molecule has 0 aliphatic carbocycles. The average Bonchev–Trinajstić information content (AvgIpc) is 2.98. The number of rotatable bonds is 5. The van der Waals surface area contributed by atoms with Crippen molar-refractivity contribution in [1.29, 1.82) is 0 Å². The molecule has 2 heterocycles. The third kappa shape index (κ3) is 3.38. The lowest BCUT2D eigenvalue weighted by molar-refractivity contribution is -0.121. The molecule has 0 saturated heterocycles. The minimum atomic E-state index is -0.215. The Bertz CT molecular complexity index is 508. The van der Waals surface area contributed by atoms with Crippen LogP contribution < -0.4 is 5.32 Å². The predicted octanol–water partition coefficient (Wildman–Crippen LogP) is 1.91. The highest BCUT2D eigenvalue weighted by molar-refractivity contribution is 7.14. The maximum atomic E-state index is 11.6. The number of amides is 1. The molecule has 1 atom stereocenters. The molecule has 96 valence electrons. The highest BCUT2D eigenvalue weighted by Gasteiger charge is 2.10. The molecule has 4 nitrogen and oxygen atoms in total. The standard InChI is InChI=1S/C12H14N2O2S2/c1-8(5-15)13-11(16)4-10-7-18-12(14-10)9-2-3-17-6-9/h2-3,6-8,15H,4-5H2,1H3,(H,13,16). The van der Waals surface area contributed by atoms with Gasteiger partial charge in [0.15, 0.2) is 0 Å². The Morgan fingerprint density at radius 2 is 2.39 bits per heavy atom. The monoisotopic (exact) mass is 282 g/mol. The van der Waals surface area contributed by atoms with E-state index in [1.165, 1.54) is 0 Å². The maximum absolute atomic E-state index is 11.6. The van der Waals surface area contributed by atoms with Gasteiger partial charge in [-0.3, -0.25) is 4.79 Å². The van der Waals surface area contributed by atoms with Crippen LogP contribution in [0.2, 0.25) is 0 Å². The molecular formula is C12H14N2O2S2. The van der Waals surface area contributed by atoms with E-state index in [0.717, 1.165) is 16.3 Å². The summed E-state index contributed by atoms with van der Waals surface area (Å²) >= 11 is 3.17. The molecule has 0 bridgehead atoms. The fourth-order valence-corrected chi connectivity index (χ4v) is 2.97. The maximum Gasteiger partial charge on any atom is 0.226 e. The molecule has 1 amide bonds. The Morgan fingerprint density at radius 3 is 3.06 bits per heavy atom. The molecule has 2 rings (SSSR count). The number of aliphatic hydroxyl groups excluding tert-OH is 1. The summed E-state index contributed by atoms with van der Waals surface area (Å²) in [6, 6.07) is 1.80. The van der Waals surface area contributed by atoms with E-state index in [2.05, 4.69) is 10.3 Å². The van der Waals surface area contributed by atoms with Crippen LogP contribution in [0.15, 0.2) is 22.2 Å². The van der Waals surface area contributed by atoms with Gasteiger partial charge in [-0.25, -0.2) is 4.98 Å². The number of nitrogens with zero attached hydrogens (tertiary/aromatic N) is 1. The van der Waals surface area contributed by atoms with E-state index >= 15 is 0 Å². The fourth-order valence-electron chi connectivity index (χ4n) is 1.44. The Labute approximate surface area is 113 Å². The van der Waals surface area contributed by atoms with Gasteiger partial charge in [0.1, 0.15) is 5.01 Å². The number of carbonyl (C=O) groups excluding carboxylic acids is 1. The zero-order valence-corrected chi connectivity index (χ0v) is 11.6. The highest BCUT2D eigenvalue weighted by atomic mass is 32.1. The summed E-state index contributed by atoms with van der Waals surface area (Å²) in [6.07, 6.45) is 0.255. The number of thiophene rings is 1. The summed E-state index contributed by atoms with van der Waals surface area (Å²) in [5.74, 6) is -0.112. The summed E-state index contributed by atoms with van der Waals surface area (Å²) in [6.45, 7) is 1.71. The average molecular weight is 282 g/mol. The third-order valence-electron chi connectivity index (χ3n) is 2.34. The summed E-state index contributed by atoms with van der Waals surface area (Å²) in [4.78, 5) is 16.0. The number of hydrogen-bond acceptors (Lipinski definition) is 5. The van der Waals surface area contributed by atoms with Crippen LogP contribution in [0, 0.1) is 0 Å².